The number of ketones is 1. The van der Waals surface area contributed by atoms with Gasteiger partial charge in [0.1, 0.15) is 37.9 Å². The van der Waals surface area contributed by atoms with E-state index in [0.29, 0.717) is 36.2 Å². The fourth-order valence-corrected chi connectivity index (χ4v) is 6.86. The number of hydrogen-bond acceptors (Lipinski definition) is 20. The molecule has 2 heterocycles. The number of ether oxygens (including phenoxy) is 2. The van der Waals surface area contributed by atoms with Crippen molar-refractivity contribution in [1.82, 2.24) is 14.9 Å². The van der Waals surface area contributed by atoms with Gasteiger partial charge in [-0.25, -0.2) is 4.98 Å². The maximum atomic E-state index is 13.7. The fourth-order valence-electron chi connectivity index (χ4n) is 6.19. The Morgan fingerprint density at radius 3 is 1.92 bits per heavy atom. The summed E-state index contributed by atoms with van der Waals surface area (Å²) in [6, 6.07) is 8.81. The Bertz CT molecular complexity index is 2100. The molecule has 1 aromatic carbocycles. The number of hydrogen-bond donors (Lipinski definition) is 1. The van der Waals surface area contributed by atoms with Gasteiger partial charge in [0.25, 0.3) is 26.3 Å². The summed E-state index contributed by atoms with van der Waals surface area (Å²) in [4.78, 5) is 115. The molecule has 0 radical (unpaired) electrons. The second-order valence-corrected chi connectivity index (χ2v) is 15.2. The van der Waals surface area contributed by atoms with Crippen LogP contribution in [0.15, 0.2) is 52.9 Å². The SMILES string of the molecule is CCCCc1ncc(C=C(Cc2ccsc2)C(=O)CCCOC(=O)CCCC(CO[N+](=O)[O-])O[N+](=O)[O-])n1Cc1ccc(C(=O)NCCOC(=O)CCCC(CO[N+](=O)[O-])O[N+](=O)[O-])cc1. The van der Waals surface area contributed by atoms with Crippen molar-refractivity contribution in [1.29, 1.82) is 0 Å². The molecular formula is C40H51N7O18S. The summed E-state index contributed by atoms with van der Waals surface area (Å²) < 4.78 is 12.4. The van der Waals surface area contributed by atoms with E-state index in [1.54, 1.807) is 30.5 Å². The van der Waals surface area contributed by atoms with E-state index in [1.807, 2.05) is 27.5 Å². The van der Waals surface area contributed by atoms with E-state index < -0.39 is 63.6 Å². The van der Waals surface area contributed by atoms with Gasteiger partial charge in [0.15, 0.2) is 5.78 Å². The first-order valence-electron chi connectivity index (χ1n) is 20.8. The van der Waals surface area contributed by atoms with Crippen molar-refractivity contribution in [3.05, 3.63) is 122 Å². The summed E-state index contributed by atoms with van der Waals surface area (Å²) in [6.45, 7) is 0.886. The molecule has 2 unspecified atom stereocenters. The number of esters is 2. The maximum absolute atomic E-state index is 13.7. The smallest absolute Gasteiger partial charge is 0.305 e. The Hall–Kier alpha value is -7.25. The summed E-state index contributed by atoms with van der Waals surface area (Å²) in [5.41, 5.74) is 3.35. The van der Waals surface area contributed by atoms with Crippen LogP contribution in [-0.2, 0) is 62.6 Å². The second kappa shape index (κ2) is 29.2. The van der Waals surface area contributed by atoms with E-state index in [9.17, 15) is 59.6 Å². The lowest BCUT2D eigenvalue weighted by Gasteiger charge is -2.13. The van der Waals surface area contributed by atoms with Gasteiger partial charge < -0.3 is 38.7 Å². The van der Waals surface area contributed by atoms with Crippen LogP contribution in [0.25, 0.3) is 6.08 Å². The maximum Gasteiger partial charge on any atom is 0.305 e. The van der Waals surface area contributed by atoms with Gasteiger partial charge >= 0.3 is 11.9 Å². The number of aryl methyl sites for hydroxylation is 1. The van der Waals surface area contributed by atoms with Crippen molar-refractivity contribution < 1.29 is 68.3 Å². The highest BCUT2D eigenvalue weighted by Gasteiger charge is 2.20. The minimum absolute atomic E-state index is 0.00161. The normalized spacial score (nSPS) is 12.0. The quantitative estimate of drug-likeness (QED) is 0.0265. The van der Waals surface area contributed by atoms with Crippen molar-refractivity contribution in [2.75, 3.05) is 33.0 Å². The molecule has 0 aliphatic rings. The van der Waals surface area contributed by atoms with Crippen LogP contribution in [0.5, 0.6) is 0 Å². The molecule has 0 saturated carbocycles. The fraction of sp³-hybridized carbons (Fsp3) is 0.525. The van der Waals surface area contributed by atoms with E-state index >= 15 is 0 Å². The predicted octanol–water partition coefficient (Wildman–Crippen LogP) is 5.04. The first kappa shape index (κ1) is 53.1. The molecule has 26 heteroatoms. The van der Waals surface area contributed by atoms with Gasteiger partial charge in [-0.05, 0) is 84.7 Å². The topological polar surface area (TPSA) is 326 Å². The lowest BCUT2D eigenvalue weighted by Crippen LogP contribution is -2.28. The number of unbranched alkanes of at least 4 members (excludes halogenated alkanes) is 1. The highest BCUT2D eigenvalue weighted by molar-refractivity contribution is 7.07. The molecule has 3 aromatic rings. The summed E-state index contributed by atoms with van der Waals surface area (Å²) in [7, 11) is 0. The van der Waals surface area contributed by atoms with Crippen molar-refractivity contribution >= 4 is 41.0 Å². The predicted molar refractivity (Wildman–Crippen MR) is 228 cm³/mol. The molecule has 0 aliphatic heterocycles. The number of Topliss-reactive ketones (excluding diaryl/α,β-unsaturated/α-hetero) is 1. The highest BCUT2D eigenvalue weighted by Crippen LogP contribution is 2.21. The van der Waals surface area contributed by atoms with Crippen LogP contribution >= 0.6 is 11.3 Å². The third-order valence-electron chi connectivity index (χ3n) is 9.41. The number of allylic oxidation sites excluding steroid dienone is 1. The zero-order valence-electron chi connectivity index (χ0n) is 36.0. The molecule has 0 aliphatic carbocycles. The third kappa shape index (κ3) is 21.4. The molecule has 0 saturated heterocycles. The van der Waals surface area contributed by atoms with Gasteiger partial charge in [-0.1, -0.05) is 25.5 Å². The van der Waals surface area contributed by atoms with Gasteiger partial charge in [-0.15, -0.1) is 40.5 Å². The Balaban J connectivity index is 1.57. The number of imidazole rings is 1. The molecule has 1 amide bonds. The Kier molecular flexibility index (Phi) is 23.5. The molecule has 2 atom stereocenters. The Morgan fingerprint density at radius 2 is 1.38 bits per heavy atom. The van der Waals surface area contributed by atoms with Crippen molar-refractivity contribution in [2.45, 2.75) is 103 Å². The number of aromatic nitrogens is 2. The van der Waals surface area contributed by atoms with E-state index in [2.05, 4.69) is 36.6 Å². The standard InChI is InChI=1S/C40H51N7O18S/c1-2-3-10-37-42-24-33(23-32(22-30-17-21-66-28-30)36(48)9-6-19-60-38(49)11-4-7-34(64-46(56)57)26-62-44(52)53)43(37)25-29-13-15-31(16-14-29)40(51)41-18-20-61-39(50)12-5-8-35(65-47(58)59)27-63-45(54)55/h13-17,21,23-24,28,34-35H,2-12,18-20,22,25-27H2,1H3,(H,41,51). The number of benzene rings is 1. The Labute approximate surface area is 380 Å². The summed E-state index contributed by atoms with van der Waals surface area (Å²) in [6.07, 6.45) is 3.87. The van der Waals surface area contributed by atoms with E-state index in [4.69, 9.17) is 9.47 Å². The van der Waals surface area contributed by atoms with Crippen molar-refractivity contribution in [3.8, 4) is 0 Å². The number of carbonyl (C=O) groups is 4. The van der Waals surface area contributed by atoms with Crippen LogP contribution in [0.4, 0.5) is 0 Å². The average molecular weight is 950 g/mol. The van der Waals surface area contributed by atoms with Gasteiger partial charge in [0, 0.05) is 49.8 Å². The lowest BCUT2D eigenvalue weighted by molar-refractivity contribution is -0.790. The second-order valence-electron chi connectivity index (χ2n) is 14.4. The minimum atomic E-state index is -1.24. The van der Waals surface area contributed by atoms with E-state index in [0.717, 1.165) is 29.8 Å². The van der Waals surface area contributed by atoms with Gasteiger partial charge in [-0.2, -0.15) is 11.3 Å². The summed E-state index contributed by atoms with van der Waals surface area (Å²) in [5.74, 6) is -1.02. The molecule has 3 rings (SSSR count). The first-order chi connectivity index (χ1) is 31.6. The lowest BCUT2D eigenvalue weighted by atomic mass is 9.99. The number of nitrogens with one attached hydrogen (secondary N) is 1. The highest BCUT2D eigenvalue weighted by atomic mass is 32.1. The molecule has 0 bridgehead atoms. The number of carbonyl (C=O) groups excluding carboxylic acids is 4. The zero-order valence-corrected chi connectivity index (χ0v) is 36.8. The summed E-state index contributed by atoms with van der Waals surface area (Å²) >= 11 is 1.50. The zero-order chi connectivity index (χ0) is 48.3. The van der Waals surface area contributed by atoms with Crippen molar-refractivity contribution in [3.63, 3.8) is 0 Å². The first-order valence-corrected chi connectivity index (χ1v) is 21.7. The third-order valence-corrected chi connectivity index (χ3v) is 10.1. The molecule has 0 spiro atoms. The number of nitrogens with zero attached hydrogens (tertiary/aromatic N) is 6. The number of rotatable bonds is 35. The van der Waals surface area contributed by atoms with Crippen LogP contribution in [0.1, 0.15) is 104 Å². The molecule has 66 heavy (non-hydrogen) atoms. The molecule has 25 nitrogen and oxygen atoms in total. The molecule has 360 valence electrons. The van der Waals surface area contributed by atoms with Crippen LogP contribution in [0.2, 0.25) is 0 Å². The van der Waals surface area contributed by atoms with Crippen LogP contribution in [0, 0.1) is 40.5 Å². The summed E-state index contributed by atoms with van der Waals surface area (Å²) in [5, 5.41) is 44.2. The number of thiophene rings is 1. The van der Waals surface area contributed by atoms with Crippen molar-refractivity contribution in [2.24, 2.45) is 0 Å². The van der Waals surface area contributed by atoms with Gasteiger partial charge in [-0.3, -0.25) is 19.2 Å². The molecule has 1 N–H and O–H groups in total. The average Bonchev–Trinajstić information content (AvgIpc) is 3.93. The van der Waals surface area contributed by atoms with E-state index in [1.165, 1.54) is 11.3 Å². The number of amides is 1. The van der Waals surface area contributed by atoms with Gasteiger partial charge in [0.05, 0.1) is 25.0 Å². The molecule has 0 fully saturated rings. The van der Waals surface area contributed by atoms with Crippen LogP contribution in [0.3, 0.4) is 0 Å². The molecular weight excluding hydrogens is 899 g/mol. The molecule has 2 aromatic heterocycles. The monoisotopic (exact) mass is 949 g/mol. The largest absolute Gasteiger partial charge is 0.466 e. The minimum Gasteiger partial charge on any atom is -0.466 e. The van der Waals surface area contributed by atoms with Crippen LogP contribution in [-0.4, -0.2) is 98.7 Å². The van der Waals surface area contributed by atoms with E-state index in [-0.39, 0.29) is 76.9 Å². The van der Waals surface area contributed by atoms with Crippen LogP contribution < -0.4 is 5.32 Å². The van der Waals surface area contributed by atoms with Gasteiger partial charge in [0.2, 0.25) is 0 Å². The Morgan fingerprint density at radius 1 is 0.773 bits per heavy atom.